The van der Waals surface area contributed by atoms with Gasteiger partial charge in [-0.25, -0.2) is 4.79 Å². The van der Waals surface area contributed by atoms with E-state index in [1.807, 2.05) is 17.2 Å². The number of esters is 1. The van der Waals surface area contributed by atoms with Gasteiger partial charge in [-0.05, 0) is 36.6 Å². The predicted octanol–water partition coefficient (Wildman–Crippen LogP) is 1.87. The first-order valence-electron chi connectivity index (χ1n) is 7.52. The van der Waals surface area contributed by atoms with Crippen molar-refractivity contribution in [1.82, 2.24) is 5.06 Å². The number of hydrogen-bond acceptors (Lipinski definition) is 6. The third-order valence-electron chi connectivity index (χ3n) is 4.20. The number of rotatable bonds is 4. The Hall–Kier alpha value is -1.79. The molecule has 2 heterocycles. The molecule has 2 aliphatic heterocycles. The molecule has 3 rings (SSSR count). The molecular weight excluding hydrogens is 286 g/mol. The molecule has 2 atom stereocenters. The zero-order valence-electron chi connectivity index (χ0n) is 13.1. The molecular formula is C16H21NO5. The summed E-state index contributed by atoms with van der Waals surface area (Å²) in [5.41, 5.74) is 2.35. The molecule has 1 fully saturated rings. The Labute approximate surface area is 129 Å². The van der Waals surface area contributed by atoms with Crippen molar-refractivity contribution in [2.45, 2.75) is 31.9 Å². The monoisotopic (exact) mass is 307 g/mol. The van der Waals surface area contributed by atoms with Crippen LogP contribution >= 0.6 is 0 Å². The Morgan fingerprint density at radius 2 is 2.05 bits per heavy atom. The quantitative estimate of drug-likeness (QED) is 0.792. The maximum atomic E-state index is 11.9. The fourth-order valence-corrected chi connectivity index (χ4v) is 3.16. The molecule has 1 saturated heterocycles. The van der Waals surface area contributed by atoms with Gasteiger partial charge >= 0.3 is 5.97 Å². The van der Waals surface area contributed by atoms with Gasteiger partial charge in [0.2, 0.25) is 0 Å². The van der Waals surface area contributed by atoms with Gasteiger partial charge in [0.05, 0.1) is 26.9 Å². The smallest absolute Gasteiger partial charge is 0.337 e. The van der Waals surface area contributed by atoms with Crippen molar-refractivity contribution in [2.75, 3.05) is 27.4 Å². The Morgan fingerprint density at radius 1 is 1.32 bits per heavy atom. The Morgan fingerprint density at radius 3 is 2.73 bits per heavy atom. The van der Waals surface area contributed by atoms with Gasteiger partial charge in [0.15, 0.2) is 17.6 Å². The van der Waals surface area contributed by atoms with Crippen LogP contribution in [0.1, 0.15) is 30.5 Å². The van der Waals surface area contributed by atoms with E-state index in [2.05, 4.69) is 0 Å². The molecule has 0 bridgehead atoms. The van der Waals surface area contributed by atoms with E-state index in [9.17, 15) is 4.79 Å². The lowest BCUT2D eigenvalue weighted by atomic mass is 9.91. The first kappa shape index (κ1) is 15.1. The van der Waals surface area contributed by atoms with E-state index in [0.29, 0.717) is 18.8 Å². The lowest BCUT2D eigenvalue weighted by Crippen LogP contribution is -2.31. The van der Waals surface area contributed by atoms with Gasteiger partial charge in [0.25, 0.3) is 0 Å². The number of hydrogen-bond donors (Lipinski definition) is 0. The molecule has 0 saturated carbocycles. The summed E-state index contributed by atoms with van der Waals surface area (Å²) in [5, 5.41) is 1.88. The molecule has 6 heteroatoms. The zero-order valence-corrected chi connectivity index (χ0v) is 13.1. The van der Waals surface area contributed by atoms with Gasteiger partial charge < -0.3 is 14.2 Å². The highest BCUT2D eigenvalue weighted by molar-refractivity contribution is 5.75. The first-order chi connectivity index (χ1) is 10.7. The third-order valence-corrected chi connectivity index (χ3v) is 4.20. The van der Waals surface area contributed by atoms with Crippen molar-refractivity contribution in [1.29, 1.82) is 0 Å². The molecule has 6 nitrogen and oxygen atoms in total. The Bertz CT molecular complexity index is 574. The summed E-state index contributed by atoms with van der Waals surface area (Å²) >= 11 is 0. The maximum Gasteiger partial charge on any atom is 0.337 e. The van der Waals surface area contributed by atoms with Crippen molar-refractivity contribution in [2.24, 2.45) is 0 Å². The largest absolute Gasteiger partial charge is 0.493 e. The number of hydroxylamine groups is 2. The van der Waals surface area contributed by atoms with E-state index in [1.54, 1.807) is 21.1 Å². The van der Waals surface area contributed by atoms with Crippen LogP contribution in [0.2, 0.25) is 0 Å². The number of benzene rings is 1. The lowest BCUT2D eigenvalue weighted by Gasteiger charge is -2.30. The van der Waals surface area contributed by atoms with Crippen molar-refractivity contribution < 1.29 is 23.8 Å². The van der Waals surface area contributed by atoms with Gasteiger partial charge in [-0.2, -0.15) is 5.06 Å². The van der Waals surface area contributed by atoms with Crippen LogP contribution < -0.4 is 9.47 Å². The van der Waals surface area contributed by atoms with Crippen LogP contribution in [0.5, 0.6) is 11.5 Å². The molecule has 120 valence electrons. The molecule has 0 aromatic heterocycles. The van der Waals surface area contributed by atoms with Crippen LogP contribution in [-0.4, -0.2) is 44.5 Å². The first-order valence-corrected chi connectivity index (χ1v) is 7.52. The summed E-state index contributed by atoms with van der Waals surface area (Å²) in [5.74, 6) is 1.14. The molecule has 2 unspecified atom stereocenters. The van der Waals surface area contributed by atoms with Crippen molar-refractivity contribution in [3.63, 3.8) is 0 Å². The fraction of sp³-hybridized carbons (Fsp3) is 0.562. The number of fused-ring (bicyclic) bond motifs is 3. The summed E-state index contributed by atoms with van der Waals surface area (Å²) in [7, 11) is 3.26. The molecule has 1 aromatic rings. The molecule has 0 radical (unpaired) electrons. The van der Waals surface area contributed by atoms with Crippen LogP contribution in [0.4, 0.5) is 0 Å². The molecule has 2 aliphatic rings. The minimum absolute atomic E-state index is 0.0537. The lowest BCUT2D eigenvalue weighted by molar-refractivity contribution is -0.190. The number of methoxy groups -OCH3 is 2. The van der Waals surface area contributed by atoms with Crippen molar-refractivity contribution >= 4 is 5.97 Å². The SMILES string of the molecule is CCOC(=O)C1CC2c3cc(OC)c(OC)cc3CCN2O1. The van der Waals surface area contributed by atoms with Gasteiger partial charge in [-0.15, -0.1) is 0 Å². The standard InChI is InChI=1S/C16H21NO5/c1-4-21-16(18)15-9-12-11-8-14(20-3)13(19-2)7-10(11)5-6-17(12)22-15/h7-8,12,15H,4-6,9H2,1-3H3. The van der Waals surface area contributed by atoms with Gasteiger partial charge in [-0.3, -0.25) is 4.84 Å². The summed E-state index contributed by atoms with van der Waals surface area (Å²) < 4.78 is 15.8. The van der Waals surface area contributed by atoms with Gasteiger partial charge in [-0.1, -0.05) is 0 Å². The van der Waals surface area contributed by atoms with Crippen LogP contribution in [0.25, 0.3) is 0 Å². The predicted molar refractivity (Wildman–Crippen MR) is 78.8 cm³/mol. The van der Waals surface area contributed by atoms with E-state index >= 15 is 0 Å². The molecule has 1 aromatic carbocycles. The molecule has 0 N–H and O–H groups in total. The fourth-order valence-electron chi connectivity index (χ4n) is 3.16. The average molecular weight is 307 g/mol. The van der Waals surface area contributed by atoms with Crippen LogP contribution in [0, 0.1) is 0 Å². The molecule has 0 amide bonds. The van der Waals surface area contributed by atoms with Crippen LogP contribution in [0.3, 0.4) is 0 Å². The number of ether oxygens (including phenoxy) is 3. The topological polar surface area (TPSA) is 57.2 Å². The summed E-state index contributed by atoms with van der Waals surface area (Å²) in [6.07, 6.45) is 0.923. The number of nitrogens with zero attached hydrogens (tertiary/aromatic N) is 1. The normalized spacial score (nSPS) is 23.6. The summed E-state index contributed by atoms with van der Waals surface area (Å²) in [6, 6.07) is 4.06. The maximum absolute atomic E-state index is 11.9. The second kappa shape index (κ2) is 6.14. The van der Waals surface area contributed by atoms with E-state index in [4.69, 9.17) is 19.0 Å². The van der Waals surface area contributed by atoms with Crippen LogP contribution in [0.15, 0.2) is 12.1 Å². The van der Waals surface area contributed by atoms with E-state index in [-0.39, 0.29) is 12.0 Å². The van der Waals surface area contributed by atoms with E-state index < -0.39 is 6.10 Å². The molecule has 0 spiro atoms. The average Bonchev–Trinajstić information content (AvgIpc) is 2.98. The number of carbonyl (C=O) groups excluding carboxylic acids is 1. The minimum Gasteiger partial charge on any atom is -0.493 e. The van der Waals surface area contributed by atoms with E-state index in [0.717, 1.165) is 24.3 Å². The van der Waals surface area contributed by atoms with E-state index in [1.165, 1.54) is 5.56 Å². The number of carbonyl (C=O) groups is 1. The molecule has 22 heavy (non-hydrogen) atoms. The minimum atomic E-state index is -0.524. The Kier molecular flexibility index (Phi) is 4.22. The second-order valence-electron chi connectivity index (χ2n) is 5.39. The highest BCUT2D eigenvalue weighted by Crippen LogP contribution is 2.43. The third kappa shape index (κ3) is 2.53. The summed E-state index contributed by atoms with van der Waals surface area (Å²) in [6.45, 7) is 2.92. The zero-order chi connectivity index (χ0) is 15.7. The van der Waals surface area contributed by atoms with Gasteiger partial charge in [0.1, 0.15) is 0 Å². The highest BCUT2D eigenvalue weighted by Gasteiger charge is 2.42. The second-order valence-corrected chi connectivity index (χ2v) is 5.39. The highest BCUT2D eigenvalue weighted by atomic mass is 16.7. The van der Waals surface area contributed by atoms with Gasteiger partial charge in [0, 0.05) is 13.0 Å². The summed E-state index contributed by atoms with van der Waals surface area (Å²) in [4.78, 5) is 17.7. The Balaban J connectivity index is 1.88. The van der Waals surface area contributed by atoms with Crippen LogP contribution in [-0.2, 0) is 20.8 Å². The molecule has 0 aliphatic carbocycles. The van der Waals surface area contributed by atoms with Crippen molar-refractivity contribution in [3.05, 3.63) is 23.3 Å². The van der Waals surface area contributed by atoms with Crippen molar-refractivity contribution in [3.8, 4) is 11.5 Å².